The van der Waals surface area contributed by atoms with E-state index in [1.165, 1.54) is 12.0 Å². The Balaban J connectivity index is 2.41. The molecule has 1 unspecified atom stereocenters. The number of rotatable bonds is 7. The van der Waals surface area contributed by atoms with Crippen molar-refractivity contribution in [3.63, 3.8) is 0 Å². The van der Waals surface area contributed by atoms with Crippen LogP contribution < -0.4 is 0 Å². The molecule has 1 aliphatic heterocycles. The Labute approximate surface area is 131 Å². The fourth-order valence-electron chi connectivity index (χ4n) is 2.39. The quantitative estimate of drug-likeness (QED) is 0.534. The molecular weight excluding hydrogens is 286 g/mol. The van der Waals surface area contributed by atoms with Crippen LogP contribution in [0.25, 0.3) is 0 Å². The van der Waals surface area contributed by atoms with Gasteiger partial charge >= 0.3 is 12.1 Å². The number of ether oxygens (including phenoxy) is 2. The van der Waals surface area contributed by atoms with E-state index < -0.39 is 6.09 Å². The van der Waals surface area contributed by atoms with Gasteiger partial charge in [-0.2, -0.15) is 0 Å². The van der Waals surface area contributed by atoms with Crippen molar-refractivity contribution >= 4 is 18.0 Å². The van der Waals surface area contributed by atoms with E-state index in [4.69, 9.17) is 4.74 Å². The number of allylic oxidation sites excluding steroid dienone is 2. The highest BCUT2D eigenvalue weighted by Gasteiger charge is 2.35. The average molecular weight is 311 g/mol. The maximum absolute atomic E-state index is 12.2. The van der Waals surface area contributed by atoms with E-state index in [2.05, 4.69) is 4.74 Å². The summed E-state index contributed by atoms with van der Waals surface area (Å²) in [7, 11) is 1.35. The minimum absolute atomic E-state index is 0.0861. The van der Waals surface area contributed by atoms with Gasteiger partial charge in [0, 0.05) is 25.3 Å². The number of hydrogen-bond donors (Lipinski definition) is 0. The molecule has 0 aliphatic carbocycles. The van der Waals surface area contributed by atoms with Crippen LogP contribution in [-0.2, 0) is 19.1 Å². The summed E-state index contributed by atoms with van der Waals surface area (Å²) in [5.74, 6) is -0.245. The number of nitrogens with zero attached hydrogens (tertiary/aromatic N) is 1. The molecule has 6 heteroatoms. The molecule has 0 radical (unpaired) electrons. The van der Waals surface area contributed by atoms with Gasteiger partial charge in [0.2, 0.25) is 5.91 Å². The van der Waals surface area contributed by atoms with Gasteiger partial charge in [-0.1, -0.05) is 26.0 Å². The van der Waals surface area contributed by atoms with Gasteiger partial charge in [-0.15, -0.1) is 0 Å². The molecule has 0 aromatic heterocycles. The monoisotopic (exact) mass is 311 g/mol. The van der Waals surface area contributed by atoms with Crippen LogP contribution in [0.15, 0.2) is 12.2 Å². The Hall–Kier alpha value is -1.85. The van der Waals surface area contributed by atoms with Crippen LogP contribution in [0.3, 0.4) is 0 Å². The number of methoxy groups -OCH3 is 1. The van der Waals surface area contributed by atoms with Crippen molar-refractivity contribution in [3.05, 3.63) is 12.2 Å². The number of imide groups is 1. The van der Waals surface area contributed by atoms with E-state index >= 15 is 0 Å². The lowest BCUT2D eigenvalue weighted by molar-refractivity contribution is -0.140. The fourth-order valence-corrected chi connectivity index (χ4v) is 2.39. The predicted molar refractivity (Wildman–Crippen MR) is 81.1 cm³/mol. The third-order valence-electron chi connectivity index (χ3n) is 3.64. The maximum atomic E-state index is 12.2. The Morgan fingerprint density at radius 3 is 2.55 bits per heavy atom. The van der Waals surface area contributed by atoms with Crippen LogP contribution in [0.1, 0.15) is 46.0 Å². The molecule has 1 heterocycles. The highest BCUT2D eigenvalue weighted by atomic mass is 16.6. The Morgan fingerprint density at radius 2 is 1.95 bits per heavy atom. The van der Waals surface area contributed by atoms with Crippen molar-refractivity contribution in [2.75, 3.05) is 13.7 Å². The van der Waals surface area contributed by atoms with Crippen molar-refractivity contribution in [3.8, 4) is 0 Å². The number of esters is 1. The molecular formula is C16H25NO5. The first kappa shape index (κ1) is 18.2. The summed E-state index contributed by atoms with van der Waals surface area (Å²) in [5, 5.41) is 0. The zero-order valence-electron chi connectivity index (χ0n) is 13.5. The first-order valence-corrected chi connectivity index (χ1v) is 7.68. The van der Waals surface area contributed by atoms with Gasteiger partial charge < -0.3 is 9.47 Å². The van der Waals surface area contributed by atoms with Crippen molar-refractivity contribution in [1.82, 2.24) is 4.90 Å². The van der Waals surface area contributed by atoms with Crippen molar-refractivity contribution < 1.29 is 23.9 Å². The van der Waals surface area contributed by atoms with E-state index in [-0.39, 0.29) is 30.3 Å². The number of amides is 2. The predicted octanol–water partition coefficient (Wildman–Crippen LogP) is 2.67. The molecule has 0 aromatic carbocycles. The largest absolute Gasteiger partial charge is 0.469 e. The SMILES string of the molecule is COC(=O)CC/C=C\CCC(=O)N1C(=O)OCCC1C(C)C. The van der Waals surface area contributed by atoms with E-state index in [0.29, 0.717) is 32.3 Å². The van der Waals surface area contributed by atoms with Gasteiger partial charge in [0.1, 0.15) is 0 Å². The Bertz CT molecular complexity index is 430. The molecule has 1 fully saturated rings. The number of carbonyl (C=O) groups is 3. The lowest BCUT2D eigenvalue weighted by Gasteiger charge is -2.35. The zero-order valence-corrected chi connectivity index (χ0v) is 13.5. The fraction of sp³-hybridized carbons (Fsp3) is 0.688. The van der Waals surface area contributed by atoms with E-state index in [1.54, 1.807) is 0 Å². The molecule has 124 valence electrons. The van der Waals surface area contributed by atoms with Gasteiger partial charge in [0.25, 0.3) is 0 Å². The standard InChI is InChI=1S/C16H25NO5/c1-12(2)13-10-11-22-16(20)17(13)14(18)8-6-4-5-7-9-15(19)21-3/h4-5,12-13H,6-11H2,1-3H3/b5-4-. The molecule has 0 spiro atoms. The third kappa shape index (κ3) is 5.50. The molecule has 0 saturated carbocycles. The Kier molecular flexibility index (Phi) is 7.63. The molecule has 1 saturated heterocycles. The van der Waals surface area contributed by atoms with Gasteiger partial charge in [-0.3, -0.25) is 9.59 Å². The summed E-state index contributed by atoms with van der Waals surface area (Å²) in [6, 6.07) is -0.0861. The van der Waals surface area contributed by atoms with E-state index in [1.807, 2.05) is 26.0 Å². The van der Waals surface area contributed by atoms with Crippen LogP contribution in [0, 0.1) is 5.92 Å². The molecule has 0 aromatic rings. The normalized spacial score (nSPS) is 18.6. The number of hydrogen-bond acceptors (Lipinski definition) is 5. The van der Waals surface area contributed by atoms with Crippen LogP contribution in [0.2, 0.25) is 0 Å². The van der Waals surface area contributed by atoms with Crippen molar-refractivity contribution in [1.29, 1.82) is 0 Å². The average Bonchev–Trinajstić information content (AvgIpc) is 2.49. The highest BCUT2D eigenvalue weighted by Crippen LogP contribution is 2.21. The number of carbonyl (C=O) groups excluding carboxylic acids is 3. The second kappa shape index (κ2) is 9.23. The highest BCUT2D eigenvalue weighted by molar-refractivity contribution is 5.92. The molecule has 2 amide bonds. The second-order valence-electron chi connectivity index (χ2n) is 5.60. The molecule has 0 N–H and O–H groups in total. The third-order valence-corrected chi connectivity index (χ3v) is 3.64. The first-order valence-electron chi connectivity index (χ1n) is 7.68. The topological polar surface area (TPSA) is 72.9 Å². The lowest BCUT2D eigenvalue weighted by atomic mass is 9.98. The van der Waals surface area contributed by atoms with Crippen LogP contribution in [0.5, 0.6) is 0 Å². The smallest absolute Gasteiger partial charge is 0.416 e. The van der Waals surface area contributed by atoms with Gasteiger partial charge in [0.15, 0.2) is 0 Å². The summed E-state index contributed by atoms with van der Waals surface area (Å²) in [5.41, 5.74) is 0. The zero-order chi connectivity index (χ0) is 16.5. The molecule has 0 bridgehead atoms. The number of cyclic esters (lactones) is 1. The lowest BCUT2D eigenvalue weighted by Crippen LogP contribution is -2.51. The summed E-state index contributed by atoms with van der Waals surface area (Å²) in [6.07, 6.45) is 5.55. The summed E-state index contributed by atoms with van der Waals surface area (Å²) in [4.78, 5) is 36.2. The van der Waals surface area contributed by atoms with Crippen molar-refractivity contribution in [2.45, 2.75) is 52.0 Å². The van der Waals surface area contributed by atoms with Crippen LogP contribution in [-0.4, -0.2) is 42.6 Å². The first-order chi connectivity index (χ1) is 10.5. The van der Waals surface area contributed by atoms with Gasteiger partial charge in [-0.25, -0.2) is 9.69 Å². The van der Waals surface area contributed by atoms with Gasteiger partial charge in [-0.05, 0) is 18.8 Å². The second-order valence-corrected chi connectivity index (χ2v) is 5.60. The summed E-state index contributed by atoms with van der Waals surface area (Å²) < 4.78 is 9.51. The molecule has 1 rings (SSSR count). The van der Waals surface area contributed by atoms with E-state index in [9.17, 15) is 14.4 Å². The van der Waals surface area contributed by atoms with Crippen LogP contribution in [0.4, 0.5) is 4.79 Å². The van der Waals surface area contributed by atoms with E-state index in [0.717, 1.165) is 0 Å². The van der Waals surface area contributed by atoms with Gasteiger partial charge in [0.05, 0.1) is 13.7 Å². The minimum Gasteiger partial charge on any atom is -0.469 e. The Morgan fingerprint density at radius 1 is 1.32 bits per heavy atom. The minimum atomic E-state index is -0.537. The molecule has 6 nitrogen and oxygen atoms in total. The summed E-state index contributed by atoms with van der Waals surface area (Å²) in [6.45, 7) is 4.37. The molecule has 22 heavy (non-hydrogen) atoms. The molecule has 1 atom stereocenters. The van der Waals surface area contributed by atoms with Crippen molar-refractivity contribution in [2.24, 2.45) is 5.92 Å². The summed E-state index contributed by atoms with van der Waals surface area (Å²) >= 11 is 0. The van der Waals surface area contributed by atoms with Crippen LogP contribution >= 0.6 is 0 Å². The maximum Gasteiger partial charge on any atom is 0.416 e. The molecule has 1 aliphatic rings.